The zero-order chi connectivity index (χ0) is 19.8. The third-order valence-electron chi connectivity index (χ3n) is 5.00. The maximum Gasteiger partial charge on any atom is 0.333 e. The summed E-state index contributed by atoms with van der Waals surface area (Å²) >= 11 is 0. The van der Waals surface area contributed by atoms with Crippen LogP contribution in [0.1, 0.15) is 42.0 Å². The molecule has 0 aliphatic heterocycles. The fraction of sp³-hybridized carbons (Fsp3) is 0.316. The van der Waals surface area contributed by atoms with Crippen LogP contribution in [0.25, 0.3) is 5.82 Å². The highest BCUT2D eigenvalue weighted by molar-refractivity contribution is 5.55. The summed E-state index contributed by atoms with van der Waals surface area (Å²) in [4.78, 5) is 24.1. The quantitative estimate of drug-likeness (QED) is 0.534. The molecule has 8 nitrogen and oxygen atoms in total. The molecular weight excluding hydrogens is 363 g/mol. The monoisotopic (exact) mass is 382 g/mol. The van der Waals surface area contributed by atoms with E-state index in [4.69, 9.17) is 0 Å². The Morgan fingerprint density at radius 2 is 2.21 bits per heavy atom. The lowest BCUT2D eigenvalue weighted by molar-refractivity contribution is -0.385. The number of aromatic nitrogens is 4. The number of nitrogens with zero attached hydrogens (tertiary/aromatic N) is 5. The second-order valence-corrected chi connectivity index (χ2v) is 6.67. The van der Waals surface area contributed by atoms with E-state index in [1.54, 1.807) is 30.0 Å². The van der Waals surface area contributed by atoms with Crippen LogP contribution >= 0.6 is 0 Å². The number of nitrogens with one attached hydrogen (secondary N) is 1. The molecule has 28 heavy (non-hydrogen) atoms. The van der Waals surface area contributed by atoms with Crippen LogP contribution < -0.4 is 5.32 Å². The van der Waals surface area contributed by atoms with E-state index in [2.05, 4.69) is 20.3 Å². The summed E-state index contributed by atoms with van der Waals surface area (Å²) in [6.07, 6.45) is 5.17. The molecule has 0 saturated carbocycles. The van der Waals surface area contributed by atoms with Crippen LogP contribution in [0.5, 0.6) is 0 Å². The van der Waals surface area contributed by atoms with Gasteiger partial charge in [0.1, 0.15) is 17.3 Å². The number of hydrogen-bond acceptors (Lipinski definition) is 6. The van der Waals surface area contributed by atoms with Crippen LogP contribution in [0.2, 0.25) is 0 Å². The summed E-state index contributed by atoms with van der Waals surface area (Å²) < 4.78 is 15.6. The number of rotatable bonds is 5. The molecule has 1 atom stereocenters. The van der Waals surface area contributed by atoms with Crippen molar-refractivity contribution in [3.63, 3.8) is 0 Å². The van der Waals surface area contributed by atoms with E-state index in [1.165, 1.54) is 6.07 Å². The molecule has 3 aromatic rings. The van der Waals surface area contributed by atoms with Crippen LogP contribution in [0.3, 0.4) is 0 Å². The molecule has 0 radical (unpaired) electrons. The topological polar surface area (TPSA) is 98.8 Å². The van der Waals surface area contributed by atoms with Gasteiger partial charge in [0.05, 0.1) is 11.0 Å². The number of aryl methyl sites for hydroxylation is 2. The van der Waals surface area contributed by atoms with Crippen molar-refractivity contribution in [3.8, 4) is 5.82 Å². The first-order valence-corrected chi connectivity index (χ1v) is 9.09. The van der Waals surface area contributed by atoms with Crippen molar-refractivity contribution < 1.29 is 9.31 Å². The molecule has 1 aromatic carbocycles. The molecule has 144 valence electrons. The van der Waals surface area contributed by atoms with Gasteiger partial charge in [-0.1, -0.05) is 19.1 Å². The first kappa shape index (κ1) is 18.0. The third-order valence-corrected chi connectivity index (χ3v) is 5.00. The van der Waals surface area contributed by atoms with E-state index in [-0.39, 0.29) is 35.0 Å². The first-order chi connectivity index (χ1) is 13.5. The summed E-state index contributed by atoms with van der Waals surface area (Å²) in [6, 6.07) is 4.87. The number of nitro groups is 1. The van der Waals surface area contributed by atoms with Gasteiger partial charge in [0, 0.05) is 18.8 Å². The zero-order valence-corrected chi connectivity index (χ0v) is 15.5. The Labute approximate surface area is 160 Å². The molecule has 0 bridgehead atoms. The number of hydrogen-bond donors (Lipinski definition) is 1. The predicted molar refractivity (Wildman–Crippen MR) is 101 cm³/mol. The Morgan fingerprint density at radius 3 is 2.96 bits per heavy atom. The number of halogens is 1. The molecule has 2 aromatic heterocycles. The Morgan fingerprint density at radius 1 is 1.39 bits per heavy atom. The van der Waals surface area contributed by atoms with Gasteiger partial charge in [0.15, 0.2) is 0 Å². The zero-order valence-electron chi connectivity index (χ0n) is 15.5. The van der Waals surface area contributed by atoms with Crippen LogP contribution in [0, 0.1) is 22.9 Å². The normalized spacial score (nSPS) is 15.5. The van der Waals surface area contributed by atoms with Gasteiger partial charge in [-0.05, 0) is 37.0 Å². The number of benzene rings is 1. The lowest BCUT2D eigenvalue weighted by atomic mass is 10.1. The Hall–Kier alpha value is -3.36. The van der Waals surface area contributed by atoms with Crippen LogP contribution in [-0.4, -0.2) is 24.4 Å². The van der Waals surface area contributed by atoms with E-state index in [0.717, 1.165) is 5.56 Å². The van der Waals surface area contributed by atoms with Crippen molar-refractivity contribution in [2.45, 2.75) is 39.2 Å². The van der Waals surface area contributed by atoms with Crippen molar-refractivity contribution in [1.82, 2.24) is 19.5 Å². The second kappa shape index (κ2) is 6.99. The molecule has 0 spiro atoms. The fourth-order valence-corrected chi connectivity index (χ4v) is 3.70. The van der Waals surface area contributed by atoms with Crippen LogP contribution in [-0.2, 0) is 12.8 Å². The lowest BCUT2D eigenvalue weighted by Crippen LogP contribution is -2.15. The largest absolute Gasteiger partial charge is 0.347 e. The van der Waals surface area contributed by atoms with Crippen molar-refractivity contribution >= 4 is 11.6 Å². The predicted octanol–water partition coefficient (Wildman–Crippen LogP) is 3.68. The van der Waals surface area contributed by atoms with Gasteiger partial charge in [0.2, 0.25) is 11.8 Å². The second-order valence-electron chi connectivity index (χ2n) is 6.67. The molecule has 4 rings (SSSR count). The molecule has 1 aliphatic rings. The molecule has 9 heteroatoms. The van der Waals surface area contributed by atoms with E-state index >= 15 is 0 Å². The standard InChI is InChI=1S/C19H19FN6O2/c1-3-16-21-9-10-25(16)18-17(26(27)28)11(2)22-19(24-18)23-15-8-7-12-13(15)5-4-6-14(12)20/h4-6,9-10,15H,3,7-8H2,1-2H3,(H,22,23,24). The highest BCUT2D eigenvalue weighted by Gasteiger charge is 2.28. The average Bonchev–Trinajstić information content (AvgIpc) is 3.28. The molecular formula is C19H19FN6O2. The van der Waals surface area contributed by atoms with Crippen LogP contribution in [0.4, 0.5) is 16.0 Å². The van der Waals surface area contributed by atoms with Gasteiger partial charge in [0.25, 0.3) is 0 Å². The molecule has 0 saturated heterocycles. The van der Waals surface area contributed by atoms with Gasteiger partial charge in [-0.3, -0.25) is 14.7 Å². The SMILES string of the molecule is CCc1nccn1-c1nc(NC2CCc3c(F)cccc32)nc(C)c1[N+](=O)[O-]. The minimum atomic E-state index is -0.478. The minimum Gasteiger partial charge on any atom is -0.347 e. The average molecular weight is 382 g/mol. The van der Waals surface area contributed by atoms with E-state index < -0.39 is 4.92 Å². The molecule has 1 N–H and O–H groups in total. The number of imidazole rings is 1. The van der Waals surface area contributed by atoms with Gasteiger partial charge < -0.3 is 5.32 Å². The van der Waals surface area contributed by atoms with Gasteiger partial charge in [-0.2, -0.15) is 4.98 Å². The molecule has 1 aliphatic carbocycles. The van der Waals surface area contributed by atoms with Crippen molar-refractivity contribution in [3.05, 3.63) is 69.2 Å². The minimum absolute atomic E-state index is 0.146. The van der Waals surface area contributed by atoms with Crippen molar-refractivity contribution in [2.75, 3.05) is 5.32 Å². The molecule has 2 heterocycles. The number of fused-ring (bicyclic) bond motifs is 1. The van der Waals surface area contributed by atoms with Gasteiger partial charge >= 0.3 is 5.69 Å². The Bertz CT molecular complexity index is 1060. The summed E-state index contributed by atoms with van der Waals surface area (Å²) in [5, 5.41) is 14.8. The highest BCUT2D eigenvalue weighted by Crippen LogP contribution is 2.35. The Balaban J connectivity index is 1.76. The molecule has 0 amide bonds. The maximum absolute atomic E-state index is 14.0. The lowest BCUT2D eigenvalue weighted by Gasteiger charge is -2.16. The van der Waals surface area contributed by atoms with Crippen molar-refractivity contribution in [1.29, 1.82) is 0 Å². The van der Waals surface area contributed by atoms with Gasteiger partial charge in [-0.15, -0.1) is 0 Å². The highest BCUT2D eigenvalue weighted by atomic mass is 19.1. The van der Waals surface area contributed by atoms with E-state index in [9.17, 15) is 14.5 Å². The van der Waals surface area contributed by atoms with Crippen LogP contribution in [0.15, 0.2) is 30.6 Å². The smallest absolute Gasteiger partial charge is 0.333 e. The summed E-state index contributed by atoms with van der Waals surface area (Å²) in [6.45, 7) is 3.50. The Kier molecular flexibility index (Phi) is 4.50. The molecule has 0 fully saturated rings. The number of anilines is 1. The van der Waals surface area contributed by atoms with Crippen molar-refractivity contribution in [2.24, 2.45) is 0 Å². The fourth-order valence-electron chi connectivity index (χ4n) is 3.70. The summed E-state index contributed by atoms with van der Waals surface area (Å²) in [5.74, 6) is 0.900. The van der Waals surface area contributed by atoms with Gasteiger partial charge in [-0.25, -0.2) is 14.4 Å². The van der Waals surface area contributed by atoms with E-state index in [0.29, 0.717) is 30.7 Å². The summed E-state index contributed by atoms with van der Waals surface area (Å²) in [5.41, 5.74) is 1.67. The first-order valence-electron chi connectivity index (χ1n) is 9.09. The maximum atomic E-state index is 14.0. The molecule has 1 unspecified atom stereocenters. The third kappa shape index (κ3) is 2.98. The van der Waals surface area contributed by atoms with E-state index in [1.807, 2.05) is 13.0 Å². The summed E-state index contributed by atoms with van der Waals surface area (Å²) in [7, 11) is 0.